The van der Waals surface area contributed by atoms with Gasteiger partial charge in [0.1, 0.15) is 23.3 Å². The van der Waals surface area contributed by atoms with Crippen molar-refractivity contribution in [1.82, 2.24) is 10.2 Å². The monoisotopic (exact) mass is 1060 g/mol. The van der Waals surface area contributed by atoms with E-state index in [-0.39, 0.29) is 45.9 Å². The smallest absolute Gasteiger partial charge is 0.493 e. The summed E-state index contributed by atoms with van der Waals surface area (Å²) in [5.74, 6) is 4.39. The molecule has 4 aromatic carbocycles. The van der Waals surface area contributed by atoms with E-state index < -0.39 is 46.5 Å². The van der Waals surface area contributed by atoms with Crippen molar-refractivity contribution in [3.05, 3.63) is 80.9 Å². The first-order chi connectivity index (χ1) is 35.1. The Morgan fingerprint density at radius 1 is 0.707 bits per heavy atom. The van der Waals surface area contributed by atoms with Gasteiger partial charge in [0.05, 0.1) is 73.6 Å². The molecule has 75 heavy (non-hydrogen) atoms. The van der Waals surface area contributed by atoms with Gasteiger partial charge in [0.25, 0.3) is 0 Å². The number of nitrogens with zero attached hydrogens (tertiary/aromatic N) is 1. The number of aliphatic hydroxyl groups excluding tert-OH is 1. The van der Waals surface area contributed by atoms with E-state index in [2.05, 4.69) is 17.1 Å². The van der Waals surface area contributed by atoms with Crippen molar-refractivity contribution in [2.75, 3.05) is 82.5 Å². The molecular weight excluding hydrogens is 1000 g/mol. The van der Waals surface area contributed by atoms with Crippen LogP contribution in [0.4, 0.5) is 0 Å². The Kier molecular flexibility index (Phi) is 19.6. The zero-order valence-electron chi connectivity index (χ0n) is 42.5. The summed E-state index contributed by atoms with van der Waals surface area (Å²) in [7, 11) is 4.33. The standard InChI is InChI=1S/C25H29NO8.C21H21NO7.C4H8O.CH4.ClHO4.Li/c1-5-14(27)11-26-9-8-13-10-17-23(33-12-32-17)24(31-4)18(13)20(26)21-15-6-7-16(29-2)22(30-3)19(15)25(28)34-21;1-24-12-5-4-11-15(18(12)25-2)21(23)29-17(11)16-14-10(6-7-22-16)8-13-19(20(14)26-3)28-9-27-13;1-2-4-3-5-4;;2-1(3,4)5;/h6-7,10,14,20-21,27H,5,8-9,11-12H2,1-4H3;4-5,8,16-17,22H,6-7,9H2,1-3H3;4H,2-3H2,1H3;1H4;(H,2,3,4,5);/q;;;;;+1/p-1/t14?,20-,21+;16-,17+;;;;/m11..../s1. The van der Waals surface area contributed by atoms with Crippen LogP contribution >= 0.6 is 0 Å². The van der Waals surface area contributed by atoms with Crippen LogP contribution in [0.1, 0.15) is 113 Å². The summed E-state index contributed by atoms with van der Waals surface area (Å²) < 4.78 is 106. The minimum atomic E-state index is -4.94. The number of esters is 2. The number of methoxy groups -OCH3 is 6. The minimum absolute atomic E-state index is 0. The molecule has 7 aliphatic heterocycles. The van der Waals surface area contributed by atoms with Gasteiger partial charge < -0.3 is 72.0 Å². The molecule has 22 nitrogen and oxygen atoms in total. The summed E-state index contributed by atoms with van der Waals surface area (Å²) in [4.78, 5) is 28.0. The van der Waals surface area contributed by atoms with Crippen LogP contribution in [0.25, 0.3) is 0 Å². The van der Waals surface area contributed by atoms with E-state index in [0.29, 0.717) is 99.8 Å². The van der Waals surface area contributed by atoms with E-state index in [1.807, 2.05) is 31.2 Å². The maximum absolute atomic E-state index is 13.1. The van der Waals surface area contributed by atoms with Gasteiger partial charge in [-0.05, 0) is 67.6 Å². The van der Waals surface area contributed by atoms with Gasteiger partial charge in [0.2, 0.25) is 25.1 Å². The largest absolute Gasteiger partial charge is 1.00 e. The Balaban J connectivity index is 0.000000203. The van der Waals surface area contributed by atoms with E-state index in [4.69, 9.17) is 80.2 Å². The van der Waals surface area contributed by atoms with Crippen molar-refractivity contribution in [1.29, 1.82) is 0 Å². The summed E-state index contributed by atoms with van der Waals surface area (Å²) in [6.45, 7) is 7.20. The SMILES string of the molecule is C.CCC(O)CN1CCc2cc3c(c(OC)c2[C@@H]1[C@H]1OC(=O)c2c1ccc(OC)c2OC)OCO3.CCC1CO1.COc1ccc2c(c1OC)C(=O)O[C@@H]2[C@@H]1NCCc2cc3c(c(OC)c21)OCO3.[Li+].[O-][Cl+3]([O-])([O-])[O-]. The first kappa shape index (κ1) is 58.6. The number of β-amino-alcohol motifs (C(OH)–C–C–N with tert-alkyl or cyclic N) is 1. The second kappa shape index (κ2) is 25.0. The van der Waals surface area contributed by atoms with Gasteiger partial charge in [-0.25, -0.2) is 28.2 Å². The van der Waals surface area contributed by atoms with E-state index >= 15 is 0 Å². The molecule has 0 aliphatic carbocycles. The molecule has 2 N–H and O–H groups in total. The maximum Gasteiger partial charge on any atom is 1.00 e. The Morgan fingerprint density at radius 2 is 1.19 bits per heavy atom. The van der Waals surface area contributed by atoms with Gasteiger partial charge in [-0.3, -0.25) is 4.90 Å². The molecule has 0 bridgehead atoms. The number of nitrogens with one attached hydrogen (secondary N) is 1. The molecule has 2 unspecified atom stereocenters. The van der Waals surface area contributed by atoms with E-state index in [1.165, 1.54) is 34.9 Å². The van der Waals surface area contributed by atoms with Crippen LogP contribution < -0.4 is 90.2 Å². The predicted octanol–water partition coefficient (Wildman–Crippen LogP) is -0.758. The molecule has 1 fully saturated rings. The topological polar surface area (TPSA) is 285 Å². The Morgan fingerprint density at radius 3 is 1.64 bits per heavy atom. The van der Waals surface area contributed by atoms with Crippen LogP contribution in [0.2, 0.25) is 0 Å². The van der Waals surface area contributed by atoms with Crippen molar-refractivity contribution in [2.45, 2.75) is 83.5 Å². The Hall–Kier alpha value is -5.61. The van der Waals surface area contributed by atoms with Gasteiger partial charge in [0, 0.05) is 35.3 Å². The Labute approximate surface area is 448 Å². The molecule has 0 radical (unpaired) electrons. The molecule has 1 saturated heterocycles. The molecule has 6 atom stereocenters. The van der Waals surface area contributed by atoms with E-state index in [1.54, 1.807) is 26.4 Å². The van der Waals surface area contributed by atoms with Gasteiger partial charge in [-0.1, -0.05) is 33.4 Å². The first-order valence-corrected chi connectivity index (χ1v) is 24.7. The van der Waals surface area contributed by atoms with Crippen LogP contribution in [0, 0.1) is 10.2 Å². The number of aliphatic hydroxyl groups is 1. The second-order valence-corrected chi connectivity index (χ2v) is 18.0. The van der Waals surface area contributed by atoms with Gasteiger partial charge in [-0.2, -0.15) is 0 Å². The van der Waals surface area contributed by atoms with Crippen LogP contribution in [-0.2, 0) is 27.1 Å². The zero-order chi connectivity index (χ0) is 52.3. The fourth-order valence-electron chi connectivity index (χ4n) is 9.94. The number of rotatable bonds is 12. The van der Waals surface area contributed by atoms with Crippen LogP contribution in [0.3, 0.4) is 0 Å². The second-order valence-electron chi connectivity index (χ2n) is 17.3. The zero-order valence-corrected chi connectivity index (χ0v) is 43.3. The molecule has 4 aromatic rings. The van der Waals surface area contributed by atoms with Crippen LogP contribution in [0.5, 0.6) is 57.5 Å². The van der Waals surface area contributed by atoms with Crippen molar-refractivity contribution < 1.29 is 124 Å². The van der Waals surface area contributed by atoms with Crippen LogP contribution in [-0.4, -0.2) is 117 Å². The summed E-state index contributed by atoms with van der Waals surface area (Å²) in [6.07, 6.45) is 2.28. The molecule has 0 saturated carbocycles. The van der Waals surface area contributed by atoms with Crippen LogP contribution in [0.15, 0.2) is 36.4 Å². The molecule has 7 heterocycles. The van der Waals surface area contributed by atoms with Crippen molar-refractivity contribution in [3.63, 3.8) is 0 Å². The number of carbonyl (C=O) groups is 2. The average molecular weight is 1070 g/mol. The van der Waals surface area contributed by atoms with E-state index in [9.17, 15) is 14.7 Å². The molecule has 404 valence electrons. The van der Waals surface area contributed by atoms with Crippen molar-refractivity contribution in [3.8, 4) is 57.5 Å². The fourth-order valence-corrected chi connectivity index (χ4v) is 9.94. The minimum Gasteiger partial charge on any atom is -0.493 e. The maximum atomic E-state index is 13.1. The number of epoxide rings is 1. The predicted molar refractivity (Wildman–Crippen MR) is 249 cm³/mol. The number of ether oxygens (including phenoxy) is 13. The van der Waals surface area contributed by atoms with E-state index in [0.717, 1.165) is 53.8 Å². The fraction of sp³-hybridized carbons (Fsp3) is 0.490. The first-order valence-electron chi connectivity index (χ1n) is 23.4. The molecule has 0 aromatic heterocycles. The van der Waals surface area contributed by atoms with Crippen molar-refractivity contribution >= 4 is 11.9 Å². The Bertz CT molecular complexity index is 2680. The number of benzene rings is 4. The van der Waals surface area contributed by atoms with Gasteiger partial charge in [0.15, 0.2) is 46.0 Å². The summed E-state index contributed by atoms with van der Waals surface area (Å²) in [5, 5.41) is 14.0. The number of hydrogen-bond donors (Lipinski definition) is 2. The number of carbonyl (C=O) groups excluding carboxylic acids is 2. The number of halogens is 1. The third-order valence-corrected chi connectivity index (χ3v) is 13.3. The number of cyclic esters (lactones) is 2. The molecule has 11 rings (SSSR count). The van der Waals surface area contributed by atoms with Crippen molar-refractivity contribution in [2.24, 2.45) is 0 Å². The molecule has 7 aliphatic rings. The molecule has 24 heteroatoms. The normalized spacial score (nSPS) is 21.1. The molecule has 0 spiro atoms. The molecular formula is C51H62ClLiN2O20. The third kappa shape index (κ3) is 12.0. The van der Waals surface area contributed by atoms with Gasteiger partial charge in [-0.15, -0.1) is 10.2 Å². The molecule has 0 amide bonds. The number of fused-ring (bicyclic) bond motifs is 6. The summed E-state index contributed by atoms with van der Waals surface area (Å²) in [6, 6.07) is 10.5. The third-order valence-electron chi connectivity index (χ3n) is 13.3. The summed E-state index contributed by atoms with van der Waals surface area (Å²) >= 11 is 0. The summed E-state index contributed by atoms with van der Waals surface area (Å²) in [5.41, 5.74) is 6.12. The van der Waals surface area contributed by atoms with Gasteiger partial charge >= 0.3 is 30.8 Å². The average Bonchev–Trinajstić information content (AvgIpc) is 3.60. The number of hydrogen-bond acceptors (Lipinski definition) is 22. The quantitative estimate of drug-likeness (QED) is 0.100.